The Bertz CT molecular complexity index is 390. The van der Waals surface area contributed by atoms with Crippen LogP contribution in [0.2, 0.25) is 0 Å². The first-order valence-electron chi connectivity index (χ1n) is 6.95. The van der Waals surface area contributed by atoms with E-state index in [4.69, 9.17) is 5.73 Å². The van der Waals surface area contributed by atoms with E-state index in [1.807, 2.05) is 13.8 Å². The molecule has 19 heavy (non-hydrogen) atoms. The van der Waals surface area contributed by atoms with Crippen LogP contribution in [-0.4, -0.2) is 48.7 Å². The van der Waals surface area contributed by atoms with Crippen LogP contribution in [0.1, 0.15) is 39.5 Å². The van der Waals surface area contributed by atoms with E-state index in [-0.39, 0.29) is 24.5 Å². The first-order valence-corrected chi connectivity index (χ1v) is 8.35. The van der Waals surface area contributed by atoms with Crippen LogP contribution >= 0.6 is 12.4 Å². The van der Waals surface area contributed by atoms with Gasteiger partial charge in [0.1, 0.15) is 0 Å². The van der Waals surface area contributed by atoms with Crippen LogP contribution < -0.4 is 5.73 Å². The molecule has 0 spiro atoms. The summed E-state index contributed by atoms with van der Waals surface area (Å²) in [5, 5.41) is 0. The number of nitrogens with two attached hydrogens (primary N) is 1. The fraction of sp³-hybridized carbons (Fsp3) is 1.00. The fourth-order valence-electron chi connectivity index (χ4n) is 3.15. The van der Waals surface area contributed by atoms with Crippen LogP contribution in [0.4, 0.5) is 0 Å². The van der Waals surface area contributed by atoms with E-state index in [2.05, 4.69) is 0 Å². The Morgan fingerprint density at radius 3 is 2.37 bits per heavy atom. The van der Waals surface area contributed by atoms with Gasteiger partial charge in [-0.25, -0.2) is 0 Å². The molecule has 3 unspecified atom stereocenters. The molecule has 2 N–H and O–H groups in total. The summed E-state index contributed by atoms with van der Waals surface area (Å²) in [5.74, 6) is 0.315. The minimum absolute atomic E-state index is 0. The van der Waals surface area contributed by atoms with E-state index >= 15 is 0 Å². The zero-order chi connectivity index (χ0) is 13.3. The third kappa shape index (κ3) is 3.42. The van der Waals surface area contributed by atoms with Crippen molar-refractivity contribution in [1.29, 1.82) is 0 Å². The maximum Gasteiger partial charge on any atom is 0.282 e. The first-order chi connectivity index (χ1) is 8.46. The maximum atomic E-state index is 12.7. The van der Waals surface area contributed by atoms with Crippen molar-refractivity contribution in [2.75, 3.05) is 19.6 Å². The predicted octanol–water partition coefficient (Wildman–Crippen LogP) is 1.20. The molecule has 0 saturated carbocycles. The molecule has 0 aromatic rings. The second kappa shape index (κ2) is 6.72. The van der Waals surface area contributed by atoms with Gasteiger partial charge in [0.05, 0.1) is 0 Å². The molecule has 2 aliphatic heterocycles. The molecule has 0 aromatic carbocycles. The average Bonchev–Trinajstić information content (AvgIpc) is 2.71. The van der Waals surface area contributed by atoms with Gasteiger partial charge < -0.3 is 5.73 Å². The van der Waals surface area contributed by atoms with Crippen LogP contribution in [0.3, 0.4) is 0 Å². The van der Waals surface area contributed by atoms with Gasteiger partial charge in [0, 0.05) is 25.2 Å². The smallest absolute Gasteiger partial charge is 0.282 e. The van der Waals surface area contributed by atoms with Crippen LogP contribution in [-0.2, 0) is 10.2 Å². The molecule has 0 aliphatic carbocycles. The van der Waals surface area contributed by atoms with Gasteiger partial charge in [-0.2, -0.15) is 17.0 Å². The standard InChI is InChI=1S/C12H25N3O2S.ClH/c1-10-5-3-4-6-14(10)18(16,17)15-9-12(8-13)7-11(15)2;/h10-12H,3-9,13H2,1-2H3;1H. The minimum atomic E-state index is -3.29. The molecule has 0 radical (unpaired) electrons. The normalized spacial score (nSPS) is 34.2. The molecule has 2 saturated heterocycles. The molecule has 0 amide bonds. The highest BCUT2D eigenvalue weighted by molar-refractivity contribution is 7.86. The van der Waals surface area contributed by atoms with Crippen LogP contribution in [0.5, 0.6) is 0 Å². The summed E-state index contributed by atoms with van der Waals surface area (Å²) in [6, 6.07) is 0.213. The van der Waals surface area contributed by atoms with Crippen molar-refractivity contribution in [1.82, 2.24) is 8.61 Å². The summed E-state index contributed by atoms with van der Waals surface area (Å²) >= 11 is 0. The molecule has 2 heterocycles. The zero-order valence-corrected chi connectivity index (χ0v) is 13.4. The van der Waals surface area contributed by atoms with Gasteiger partial charge in [0.2, 0.25) is 0 Å². The largest absolute Gasteiger partial charge is 0.330 e. The van der Waals surface area contributed by atoms with Crippen molar-refractivity contribution in [3.05, 3.63) is 0 Å². The lowest BCUT2D eigenvalue weighted by molar-refractivity contribution is 0.242. The average molecular weight is 312 g/mol. The van der Waals surface area contributed by atoms with E-state index < -0.39 is 10.2 Å². The molecule has 5 nitrogen and oxygen atoms in total. The van der Waals surface area contributed by atoms with Crippen molar-refractivity contribution in [2.24, 2.45) is 11.7 Å². The summed E-state index contributed by atoms with van der Waals surface area (Å²) in [6.45, 7) is 5.83. The van der Waals surface area contributed by atoms with Crippen LogP contribution in [0, 0.1) is 5.92 Å². The minimum Gasteiger partial charge on any atom is -0.330 e. The van der Waals surface area contributed by atoms with E-state index in [1.54, 1.807) is 8.61 Å². The highest BCUT2D eigenvalue weighted by Gasteiger charge is 2.41. The van der Waals surface area contributed by atoms with Gasteiger partial charge in [-0.1, -0.05) is 6.42 Å². The molecule has 7 heteroatoms. The lowest BCUT2D eigenvalue weighted by Crippen LogP contribution is -2.50. The second-order valence-corrected chi connectivity index (χ2v) is 7.55. The summed E-state index contributed by atoms with van der Waals surface area (Å²) in [5.41, 5.74) is 5.67. The SMILES string of the molecule is CC1CCCCN1S(=O)(=O)N1CC(CN)CC1C.Cl. The summed E-state index contributed by atoms with van der Waals surface area (Å²) < 4.78 is 28.7. The van der Waals surface area contributed by atoms with E-state index in [0.29, 0.717) is 25.6 Å². The van der Waals surface area contributed by atoms with E-state index in [0.717, 1.165) is 25.7 Å². The van der Waals surface area contributed by atoms with Crippen molar-refractivity contribution < 1.29 is 8.42 Å². The number of hydrogen-bond acceptors (Lipinski definition) is 3. The Labute approximate surface area is 123 Å². The highest BCUT2D eigenvalue weighted by atomic mass is 35.5. The van der Waals surface area contributed by atoms with Gasteiger partial charge in [0.25, 0.3) is 10.2 Å². The maximum absolute atomic E-state index is 12.7. The van der Waals surface area contributed by atoms with Gasteiger partial charge in [-0.3, -0.25) is 0 Å². The lowest BCUT2D eigenvalue weighted by Gasteiger charge is -2.36. The predicted molar refractivity (Wildman–Crippen MR) is 79.5 cm³/mol. The second-order valence-electron chi connectivity index (χ2n) is 5.72. The number of piperidine rings is 1. The Hall–Kier alpha value is 0.120. The van der Waals surface area contributed by atoms with Crippen molar-refractivity contribution >= 4 is 22.6 Å². The molecule has 2 aliphatic rings. The molecule has 0 aromatic heterocycles. The van der Waals surface area contributed by atoms with Crippen molar-refractivity contribution in [3.63, 3.8) is 0 Å². The summed E-state index contributed by atoms with van der Waals surface area (Å²) in [4.78, 5) is 0. The zero-order valence-electron chi connectivity index (χ0n) is 11.8. The topological polar surface area (TPSA) is 66.6 Å². The van der Waals surface area contributed by atoms with Crippen LogP contribution in [0.25, 0.3) is 0 Å². The molecule has 3 atom stereocenters. The van der Waals surface area contributed by atoms with Gasteiger partial charge in [-0.15, -0.1) is 12.4 Å². The first kappa shape index (κ1) is 17.2. The van der Waals surface area contributed by atoms with Crippen molar-refractivity contribution in [2.45, 2.75) is 51.6 Å². The summed E-state index contributed by atoms with van der Waals surface area (Å²) in [7, 11) is -3.29. The van der Waals surface area contributed by atoms with E-state index in [9.17, 15) is 8.42 Å². The number of halogens is 1. The fourth-order valence-corrected chi connectivity index (χ4v) is 5.28. The van der Waals surface area contributed by atoms with Crippen LogP contribution in [0.15, 0.2) is 0 Å². The molecule has 0 bridgehead atoms. The molecular formula is C12H26ClN3O2S. The lowest BCUT2D eigenvalue weighted by atomic mass is 10.1. The van der Waals surface area contributed by atoms with Gasteiger partial charge in [-0.05, 0) is 45.6 Å². The Morgan fingerprint density at radius 2 is 1.84 bits per heavy atom. The Balaban J connectivity index is 0.00000180. The molecule has 114 valence electrons. The van der Waals surface area contributed by atoms with E-state index in [1.165, 1.54) is 0 Å². The third-order valence-corrected chi connectivity index (χ3v) is 6.51. The highest BCUT2D eigenvalue weighted by Crippen LogP contribution is 2.30. The van der Waals surface area contributed by atoms with Crippen molar-refractivity contribution in [3.8, 4) is 0 Å². The van der Waals surface area contributed by atoms with Gasteiger partial charge >= 0.3 is 0 Å². The molecular weight excluding hydrogens is 286 g/mol. The Kier molecular flexibility index (Phi) is 6.07. The Morgan fingerprint density at radius 1 is 1.16 bits per heavy atom. The van der Waals surface area contributed by atoms with Gasteiger partial charge in [0.15, 0.2) is 0 Å². The molecule has 2 fully saturated rings. The number of hydrogen-bond donors (Lipinski definition) is 1. The summed E-state index contributed by atoms with van der Waals surface area (Å²) in [6.07, 6.45) is 3.97. The molecule has 2 rings (SSSR count). The number of rotatable bonds is 3. The number of nitrogens with zero attached hydrogens (tertiary/aromatic N) is 2. The third-order valence-electron chi connectivity index (χ3n) is 4.27. The quantitative estimate of drug-likeness (QED) is 0.851. The monoisotopic (exact) mass is 311 g/mol.